The van der Waals surface area contributed by atoms with Gasteiger partial charge in [-0.2, -0.15) is 0 Å². The van der Waals surface area contributed by atoms with Crippen LogP contribution in [0.3, 0.4) is 0 Å². The van der Waals surface area contributed by atoms with Crippen LogP contribution in [0.1, 0.15) is 19.4 Å². The minimum absolute atomic E-state index is 0.151. The summed E-state index contributed by atoms with van der Waals surface area (Å²) in [6, 6.07) is 1.87. The van der Waals surface area contributed by atoms with Crippen molar-refractivity contribution < 1.29 is 9.47 Å². The molecule has 0 aromatic carbocycles. The molecular weight excluding hydrogens is 192 g/mol. The number of aromatic nitrogens is 1. The molecule has 0 fully saturated rings. The molecule has 1 aromatic heterocycles. The smallest absolute Gasteiger partial charge is 0.213 e. The van der Waals surface area contributed by atoms with Crippen LogP contribution < -0.4 is 15.2 Å². The molecule has 0 saturated heterocycles. The summed E-state index contributed by atoms with van der Waals surface area (Å²) in [4.78, 5) is 4.09. The number of nitrogens with two attached hydrogens (primary N) is 1. The van der Waals surface area contributed by atoms with Gasteiger partial charge in [0.1, 0.15) is 5.75 Å². The average Bonchev–Trinajstić information content (AvgIpc) is 2.28. The predicted molar refractivity (Wildman–Crippen MR) is 59.4 cm³/mol. The molecule has 0 aliphatic carbocycles. The first-order chi connectivity index (χ1) is 7.05. The summed E-state index contributed by atoms with van der Waals surface area (Å²) in [7, 11) is 3.22. The quantitative estimate of drug-likeness (QED) is 0.814. The highest BCUT2D eigenvalue weighted by molar-refractivity contribution is 5.40. The lowest BCUT2D eigenvalue weighted by Gasteiger charge is -2.25. The summed E-state index contributed by atoms with van der Waals surface area (Å²) in [5.41, 5.74) is 6.60. The molecule has 1 rings (SSSR count). The molecule has 15 heavy (non-hydrogen) atoms. The summed E-state index contributed by atoms with van der Waals surface area (Å²) in [6.45, 7) is 4.66. The van der Waals surface area contributed by atoms with E-state index in [0.29, 0.717) is 12.4 Å². The molecule has 2 N–H and O–H groups in total. The minimum atomic E-state index is -0.151. The molecule has 4 nitrogen and oxygen atoms in total. The van der Waals surface area contributed by atoms with E-state index in [9.17, 15) is 0 Å². The lowest BCUT2D eigenvalue weighted by atomic mass is 9.85. The van der Waals surface area contributed by atoms with Crippen LogP contribution in [0.15, 0.2) is 12.3 Å². The highest BCUT2D eigenvalue weighted by Crippen LogP contribution is 2.32. The Hall–Kier alpha value is -1.29. The highest BCUT2D eigenvalue weighted by Gasteiger charge is 2.23. The Balaban J connectivity index is 3.23. The van der Waals surface area contributed by atoms with Gasteiger partial charge in [0.05, 0.1) is 20.4 Å². The van der Waals surface area contributed by atoms with Crippen molar-refractivity contribution in [2.45, 2.75) is 19.3 Å². The molecule has 0 radical (unpaired) electrons. The van der Waals surface area contributed by atoms with Crippen LogP contribution in [0.4, 0.5) is 0 Å². The fourth-order valence-electron chi connectivity index (χ4n) is 1.34. The third-order valence-corrected chi connectivity index (χ3v) is 2.51. The summed E-state index contributed by atoms with van der Waals surface area (Å²) in [5.74, 6) is 1.32. The number of pyridine rings is 1. The van der Waals surface area contributed by atoms with Crippen molar-refractivity contribution in [2.24, 2.45) is 5.73 Å². The second kappa shape index (κ2) is 4.49. The van der Waals surface area contributed by atoms with Gasteiger partial charge in [0, 0.05) is 23.6 Å². The van der Waals surface area contributed by atoms with Crippen molar-refractivity contribution in [2.75, 3.05) is 20.8 Å². The van der Waals surface area contributed by atoms with Crippen molar-refractivity contribution in [1.29, 1.82) is 0 Å². The van der Waals surface area contributed by atoms with Crippen LogP contribution in [-0.4, -0.2) is 25.7 Å². The second-order valence-electron chi connectivity index (χ2n) is 4.01. The van der Waals surface area contributed by atoms with E-state index in [4.69, 9.17) is 15.2 Å². The lowest BCUT2D eigenvalue weighted by molar-refractivity contribution is 0.373. The van der Waals surface area contributed by atoms with Crippen molar-refractivity contribution in [1.82, 2.24) is 4.98 Å². The predicted octanol–water partition coefficient (Wildman–Crippen LogP) is 1.34. The van der Waals surface area contributed by atoms with Crippen LogP contribution in [0, 0.1) is 0 Å². The summed E-state index contributed by atoms with van der Waals surface area (Å²) in [6.07, 6.45) is 1.66. The van der Waals surface area contributed by atoms with E-state index >= 15 is 0 Å². The molecule has 84 valence electrons. The van der Waals surface area contributed by atoms with Gasteiger partial charge in [0.25, 0.3) is 0 Å². The molecule has 0 aliphatic rings. The van der Waals surface area contributed by atoms with E-state index in [0.717, 1.165) is 11.3 Å². The van der Waals surface area contributed by atoms with E-state index in [1.807, 2.05) is 6.07 Å². The molecule has 0 aliphatic heterocycles. The molecule has 0 amide bonds. The Kier molecular flexibility index (Phi) is 3.52. The summed E-state index contributed by atoms with van der Waals surface area (Å²) in [5, 5.41) is 0. The standard InChI is InChI=1S/C11H18N2O2/c1-11(2,7-12)8-5-10(15-4)13-6-9(8)14-3/h5-6H,7,12H2,1-4H3. The zero-order chi connectivity index (χ0) is 11.5. The van der Waals surface area contributed by atoms with Gasteiger partial charge in [0.2, 0.25) is 5.88 Å². The van der Waals surface area contributed by atoms with Gasteiger partial charge in [-0.15, -0.1) is 0 Å². The normalized spacial score (nSPS) is 11.3. The summed E-state index contributed by atoms with van der Waals surface area (Å²) >= 11 is 0. The SMILES string of the molecule is COc1cc(C(C)(C)CN)c(OC)cn1. The first-order valence-electron chi connectivity index (χ1n) is 4.83. The molecule has 0 spiro atoms. The Morgan fingerprint density at radius 1 is 1.33 bits per heavy atom. The lowest BCUT2D eigenvalue weighted by Crippen LogP contribution is -2.28. The maximum absolute atomic E-state index is 5.74. The zero-order valence-electron chi connectivity index (χ0n) is 9.70. The van der Waals surface area contributed by atoms with Gasteiger partial charge in [-0.3, -0.25) is 0 Å². The number of hydrogen-bond donors (Lipinski definition) is 1. The van der Waals surface area contributed by atoms with Crippen molar-refractivity contribution in [3.8, 4) is 11.6 Å². The first-order valence-corrected chi connectivity index (χ1v) is 4.83. The molecule has 0 saturated carbocycles. The topological polar surface area (TPSA) is 57.4 Å². The molecule has 0 bridgehead atoms. The maximum Gasteiger partial charge on any atom is 0.213 e. The average molecular weight is 210 g/mol. The van der Waals surface area contributed by atoms with Crippen molar-refractivity contribution in [3.05, 3.63) is 17.8 Å². The van der Waals surface area contributed by atoms with Crippen LogP contribution >= 0.6 is 0 Å². The van der Waals surface area contributed by atoms with E-state index in [-0.39, 0.29) is 5.41 Å². The fourth-order valence-corrected chi connectivity index (χ4v) is 1.34. The number of rotatable bonds is 4. The second-order valence-corrected chi connectivity index (χ2v) is 4.01. The van der Waals surface area contributed by atoms with E-state index in [2.05, 4.69) is 18.8 Å². The number of hydrogen-bond acceptors (Lipinski definition) is 4. The van der Waals surface area contributed by atoms with Crippen molar-refractivity contribution in [3.63, 3.8) is 0 Å². The van der Waals surface area contributed by atoms with Crippen LogP contribution in [-0.2, 0) is 5.41 Å². The van der Waals surface area contributed by atoms with Crippen molar-refractivity contribution >= 4 is 0 Å². The maximum atomic E-state index is 5.74. The number of ether oxygens (including phenoxy) is 2. The third-order valence-electron chi connectivity index (χ3n) is 2.51. The first kappa shape index (κ1) is 11.8. The van der Waals surface area contributed by atoms with Crippen LogP contribution in [0.25, 0.3) is 0 Å². The Labute approximate surface area is 90.4 Å². The fraction of sp³-hybridized carbons (Fsp3) is 0.545. The van der Waals surface area contributed by atoms with Gasteiger partial charge >= 0.3 is 0 Å². The Morgan fingerprint density at radius 2 is 2.00 bits per heavy atom. The molecule has 1 aromatic rings. The molecule has 0 unspecified atom stereocenters. The number of nitrogens with zero attached hydrogens (tertiary/aromatic N) is 1. The number of methoxy groups -OCH3 is 2. The molecule has 4 heteroatoms. The van der Waals surface area contributed by atoms with Gasteiger partial charge < -0.3 is 15.2 Å². The van der Waals surface area contributed by atoms with E-state index in [1.165, 1.54) is 0 Å². The Bertz CT molecular complexity index is 337. The van der Waals surface area contributed by atoms with E-state index in [1.54, 1.807) is 20.4 Å². The van der Waals surface area contributed by atoms with Crippen LogP contribution in [0.5, 0.6) is 11.6 Å². The van der Waals surface area contributed by atoms with Gasteiger partial charge in [-0.25, -0.2) is 4.98 Å². The largest absolute Gasteiger partial charge is 0.495 e. The summed E-state index contributed by atoms with van der Waals surface area (Å²) < 4.78 is 10.3. The molecule has 1 heterocycles. The Morgan fingerprint density at radius 3 is 2.47 bits per heavy atom. The van der Waals surface area contributed by atoms with Gasteiger partial charge in [-0.05, 0) is 0 Å². The highest BCUT2D eigenvalue weighted by atomic mass is 16.5. The van der Waals surface area contributed by atoms with E-state index < -0.39 is 0 Å². The zero-order valence-corrected chi connectivity index (χ0v) is 9.70. The monoisotopic (exact) mass is 210 g/mol. The minimum Gasteiger partial charge on any atom is -0.495 e. The molecule has 0 atom stereocenters. The van der Waals surface area contributed by atoms with Gasteiger partial charge in [0.15, 0.2) is 0 Å². The third kappa shape index (κ3) is 2.39. The van der Waals surface area contributed by atoms with Gasteiger partial charge in [-0.1, -0.05) is 13.8 Å². The molecular formula is C11H18N2O2. The van der Waals surface area contributed by atoms with Crippen LogP contribution in [0.2, 0.25) is 0 Å².